The molecule has 2 amide bonds. The molecule has 25 heavy (non-hydrogen) atoms. The van der Waals surface area contributed by atoms with Crippen LogP contribution in [0.3, 0.4) is 0 Å². The number of hydrogen-bond acceptors (Lipinski definition) is 5. The minimum Gasteiger partial charge on any atom is -0.480 e. The maximum atomic E-state index is 13.0. The van der Waals surface area contributed by atoms with E-state index in [0.717, 1.165) is 11.8 Å². The molecule has 9 heteroatoms. The Morgan fingerprint density at radius 1 is 1.40 bits per heavy atom. The summed E-state index contributed by atoms with van der Waals surface area (Å²) in [5.41, 5.74) is 0.474. The molecule has 1 fully saturated rings. The Labute approximate surface area is 147 Å². The molecule has 7 nitrogen and oxygen atoms in total. The molecule has 1 saturated heterocycles. The average molecular weight is 365 g/mol. The van der Waals surface area contributed by atoms with E-state index in [9.17, 15) is 18.8 Å². The first kappa shape index (κ1) is 18.7. The number of hydrogen-bond donors (Lipinski definition) is 2. The first-order valence-corrected chi connectivity index (χ1v) is 8.20. The van der Waals surface area contributed by atoms with E-state index < -0.39 is 29.5 Å². The van der Waals surface area contributed by atoms with Crippen molar-refractivity contribution in [1.29, 1.82) is 0 Å². The van der Waals surface area contributed by atoms with Gasteiger partial charge in [0, 0.05) is 13.0 Å². The minimum absolute atomic E-state index is 0.160. The molecule has 0 radical (unpaired) electrons. The molecule has 2 rings (SSSR count). The number of aliphatic carboxylic acids is 1. The van der Waals surface area contributed by atoms with E-state index in [1.165, 1.54) is 35.2 Å². The van der Waals surface area contributed by atoms with Gasteiger partial charge in [0.05, 0.1) is 5.69 Å². The van der Waals surface area contributed by atoms with Gasteiger partial charge in [-0.3, -0.25) is 19.3 Å². The van der Waals surface area contributed by atoms with Crippen LogP contribution in [0.25, 0.3) is 0 Å². The van der Waals surface area contributed by atoms with Gasteiger partial charge in [-0.15, -0.1) is 6.58 Å². The van der Waals surface area contributed by atoms with E-state index in [2.05, 4.69) is 16.9 Å². The Kier molecular flexibility index (Phi) is 6.29. The molecule has 1 heterocycles. The van der Waals surface area contributed by atoms with Crippen molar-refractivity contribution < 1.29 is 23.9 Å². The third-order valence-electron chi connectivity index (χ3n) is 3.19. The Balaban J connectivity index is 2.13. The van der Waals surface area contributed by atoms with E-state index in [-0.39, 0.29) is 18.9 Å². The van der Waals surface area contributed by atoms with Gasteiger partial charge in [-0.05, 0) is 24.3 Å². The normalized spacial score (nSPS) is 18.4. The number of carboxylic acids is 1. The summed E-state index contributed by atoms with van der Waals surface area (Å²) in [5, 5.41) is 10.5. The van der Waals surface area contributed by atoms with Crippen LogP contribution in [0.5, 0.6) is 0 Å². The summed E-state index contributed by atoms with van der Waals surface area (Å²) in [6.07, 6.45) is 1.37. The van der Waals surface area contributed by atoms with E-state index in [1.54, 1.807) is 0 Å². The predicted molar refractivity (Wildman–Crippen MR) is 92.0 cm³/mol. The van der Waals surface area contributed by atoms with Gasteiger partial charge in [-0.2, -0.15) is 0 Å². The second kappa shape index (κ2) is 8.43. The quantitative estimate of drug-likeness (QED) is 0.714. The number of amides is 2. The Hall–Kier alpha value is -2.68. The van der Waals surface area contributed by atoms with Crippen molar-refractivity contribution in [2.24, 2.45) is 4.99 Å². The fourth-order valence-corrected chi connectivity index (χ4v) is 3.23. The fraction of sp³-hybridized carbons (Fsp3) is 0.250. The summed E-state index contributed by atoms with van der Waals surface area (Å²) in [5.74, 6) is -2.40. The number of benzene rings is 1. The smallest absolute Gasteiger partial charge is 0.322 e. The highest BCUT2D eigenvalue weighted by Gasteiger charge is 2.38. The van der Waals surface area contributed by atoms with Crippen LogP contribution in [-0.4, -0.2) is 51.3 Å². The number of thioether (sulfide) groups is 1. The van der Waals surface area contributed by atoms with E-state index in [4.69, 9.17) is 5.11 Å². The SMILES string of the molecule is C=CCN1C(=O)[C@H](CC(=O)NCC(=O)O)SC1=Nc1ccc(F)cc1. The standard InChI is InChI=1S/C16H16FN3O4S/c1-2-7-20-15(24)12(8-13(21)18-9-14(22)23)25-16(20)19-11-5-3-10(17)4-6-11/h2-6,12H,1,7-9H2,(H,18,21)(H,22,23)/t12-/m0/s1. The van der Waals surface area contributed by atoms with Crippen molar-refractivity contribution in [2.75, 3.05) is 13.1 Å². The molecule has 0 unspecified atom stereocenters. The summed E-state index contributed by atoms with van der Waals surface area (Å²) in [7, 11) is 0. The van der Waals surface area contributed by atoms with E-state index >= 15 is 0 Å². The number of halogens is 1. The van der Waals surface area contributed by atoms with Gasteiger partial charge < -0.3 is 10.4 Å². The van der Waals surface area contributed by atoms with E-state index in [0.29, 0.717) is 10.9 Å². The summed E-state index contributed by atoms with van der Waals surface area (Å²) in [4.78, 5) is 40.4. The summed E-state index contributed by atoms with van der Waals surface area (Å²) >= 11 is 1.11. The third-order valence-corrected chi connectivity index (χ3v) is 4.37. The molecule has 1 aliphatic heterocycles. The summed E-state index contributed by atoms with van der Waals surface area (Å²) < 4.78 is 13.0. The summed E-state index contributed by atoms with van der Waals surface area (Å²) in [6.45, 7) is 3.31. The Morgan fingerprint density at radius 3 is 2.68 bits per heavy atom. The zero-order chi connectivity index (χ0) is 18.4. The maximum Gasteiger partial charge on any atom is 0.322 e. The number of amidine groups is 1. The second-order valence-electron chi connectivity index (χ2n) is 5.09. The number of carbonyl (C=O) groups excluding carboxylic acids is 2. The molecule has 1 aromatic carbocycles. The lowest BCUT2D eigenvalue weighted by Crippen LogP contribution is -2.36. The number of aliphatic imine (C=N–C) groups is 1. The first-order valence-electron chi connectivity index (χ1n) is 7.32. The van der Waals surface area contributed by atoms with Crippen molar-refractivity contribution in [3.05, 3.63) is 42.7 Å². The Morgan fingerprint density at radius 2 is 2.08 bits per heavy atom. The van der Waals surface area contributed by atoms with Gasteiger partial charge in [0.1, 0.15) is 17.6 Å². The van der Waals surface area contributed by atoms with Crippen molar-refractivity contribution in [3.63, 3.8) is 0 Å². The van der Waals surface area contributed by atoms with Gasteiger partial charge in [0.15, 0.2) is 5.17 Å². The predicted octanol–water partition coefficient (Wildman–Crippen LogP) is 1.53. The van der Waals surface area contributed by atoms with Crippen molar-refractivity contribution in [2.45, 2.75) is 11.7 Å². The highest BCUT2D eigenvalue weighted by Crippen LogP contribution is 2.31. The van der Waals surface area contributed by atoms with Crippen LogP contribution in [-0.2, 0) is 14.4 Å². The molecule has 0 bridgehead atoms. The van der Waals surface area contributed by atoms with Gasteiger partial charge in [-0.1, -0.05) is 17.8 Å². The number of carbonyl (C=O) groups is 3. The molecule has 0 saturated carbocycles. The van der Waals surface area contributed by atoms with Crippen molar-refractivity contribution in [3.8, 4) is 0 Å². The third kappa shape index (κ3) is 5.15. The number of nitrogens with zero attached hydrogens (tertiary/aromatic N) is 2. The van der Waals surface area contributed by atoms with Crippen LogP contribution in [0.15, 0.2) is 41.9 Å². The van der Waals surface area contributed by atoms with Crippen LogP contribution in [0.4, 0.5) is 10.1 Å². The van der Waals surface area contributed by atoms with Crippen molar-refractivity contribution in [1.82, 2.24) is 10.2 Å². The fourth-order valence-electron chi connectivity index (χ4n) is 2.06. The minimum atomic E-state index is -1.16. The monoisotopic (exact) mass is 365 g/mol. The van der Waals surface area contributed by atoms with Crippen LogP contribution in [0, 0.1) is 5.82 Å². The zero-order valence-electron chi connectivity index (χ0n) is 13.1. The maximum absolute atomic E-state index is 13.0. The number of carboxylic acid groups (broad SMARTS) is 1. The van der Waals surface area contributed by atoms with Gasteiger partial charge in [0.25, 0.3) is 0 Å². The molecule has 0 aromatic heterocycles. The lowest BCUT2D eigenvalue weighted by Gasteiger charge is -2.13. The van der Waals surface area contributed by atoms with Gasteiger partial charge in [-0.25, -0.2) is 9.38 Å². The molecule has 1 atom stereocenters. The average Bonchev–Trinajstić information content (AvgIpc) is 2.84. The first-order chi connectivity index (χ1) is 11.9. The van der Waals surface area contributed by atoms with Crippen LogP contribution in [0.2, 0.25) is 0 Å². The summed E-state index contributed by atoms with van der Waals surface area (Å²) in [6, 6.07) is 5.48. The molecular weight excluding hydrogens is 349 g/mol. The van der Waals surface area contributed by atoms with Crippen LogP contribution in [0.1, 0.15) is 6.42 Å². The Bertz CT molecular complexity index is 721. The molecule has 2 N–H and O–H groups in total. The van der Waals surface area contributed by atoms with Crippen molar-refractivity contribution >= 4 is 40.4 Å². The van der Waals surface area contributed by atoms with E-state index in [1.807, 2.05) is 0 Å². The van der Waals surface area contributed by atoms with Crippen LogP contribution >= 0.6 is 11.8 Å². The number of rotatable bonds is 7. The highest BCUT2D eigenvalue weighted by atomic mass is 32.2. The van der Waals surface area contributed by atoms with Gasteiger partial charge in [0.2, 0.25) is 11.8 Å². The second-order valence-corrected chi connectivity index (χ2v) is 6.26. The topological polar surface area (TPSA) is 99.1 Å². The largest absolute Gasteiger partial charge is 0.480 e. The molecule has 0 spiro atoms. The molecule has 0 aliphatic carbocycles. The molecule has 1 aliphatic rings. The molecule has 1 aromatic rings. The van der Waals surface area contributed by atoms with Crippen LogP contribution < -0.4 is 5.32 Å². The van der Waals surface area contributed by atoms with Gasteiger partial charge >= 0.3 is 5.97 Å². The highest BCUT2D eigenvalue weighted by molar-refractivity contribution is 8.15. The molecular formula is C16H16FN3O4S. The molecule has 132 valence electrons. The zero-order valence-corrected chi connectivity index (χ0v) is 14.0. The lowest BCUT2D eigenvalue weighted by molar-refractivity contribution is -0.138. The lowest BCUT2D eigenvalue weighted by atomic mass is 10.2. The number of nitrogens with one attached hydrogen (secondary N) is 1.